The largest absolute Gasteiger partial charge is 0.494 e. The van der Waals surface area contributed by atoms with E-state index in [2.05, 4.69) is 9.97 Å². The topological polar surface area (TPSA) is 58.5 Å². The Bertz CT molecular complexity index is 753. The molecule has 1 aromatic carbocycles. The molecule has 0 radical (unpaired) electrons. The monoisotopic (exact) mass is 331 g/mol. The van der Waals surface area contributed by atoms with Gasteiger partial charge in [-0.3, -0.25) is 0 Å². The van der Waals surface area contributed by atoms with Crippen molar-refractivity contribution in [1.82, 2.24) is 9.97 Å². The summed E-state index contributed by atoms with van der Waals surface area (Å²) in [7, 11) is 1.28. The summed E-state index contributed by atoms with van der Waals surface area (Å²) in [5.41, 5.74) is -2.54. The minimum atomic E-state index is -4.73. The second-order valence-corrected chi connectivity index (χ2v) is 5.40. The summed E-state index contributed by atoms with van der Waals surface area (Å²) in [6.07, 6.45) is -4.04. The number of ether oxygens (including phenoxy) is 1. The van der Waals surface area contributed by atoms with Crippen molar-refractivity contribution in [3.05, 3.63) is 24.3 Å². The van der Waals surface area contributed by atoms with Gasteiger partial charge in [-0.15, -0.1) is 0 Å². The zero-order valence-corrected chi connectivity index (χ0v) is 12.1. The van der Waals surface area contributed by atoms with Gasteiger partial charge in [-0.05, 0) is 6.07 Å². The van der Waals surface area contributed by atoms with Crippen LogP contribution < -0.4 is 9.64 Å². The highest BCUT2D eigenvalue weighted by Gasteiger charge is 2.57. The van der Waals surface area contributed by atoms with Crippen molar-refractivity contribution < 1.29 is 27.4 Å². The minimum absolute atomic E-state index is 0.0260. The first-order valence-electron chi connectivity index (χ1n) is 6.77. The van der Waals surface area contributed by atoms with Crippen LogP contribution in [0.5, 0.6) is 5.75 Å². The number of halogens is 4. The van der Waals surface area contributed by atoms with E-state index in [0.717, 1.165) is 12.4 Å². The SMILES string of the molecule is COc1cc2c(N3CCC(O)(C(F)(F)F)C3)ncnc2cc1F. The van der Waals surface area contributed by atoms with E-state index in [9.17, 15) is 22.7 Å². The molecule has 0 amide bonds. The zero-order valence-electron chi connectivity index (χ0n) is 12.1. The van der Waals surface area contributed by atoms with E-state index in [0.29, 0.717) is 5.39 Å². The Hall–Kier alpha value is -2.16. The Morgan fingerprint density at radius 2 is 2.04 bits per heavy atom. The molecule has 2 heterocycles. The predicted molar refractivity (Wildman–Crippen MR) is 73.9 cm³/mol. The number of aliphatic hydroxyl groups is 1. The van der Waals surface area contributed by atoms with Crippen molar-refractivity contribution in [2.45, 2.75) is 18.2 Å². The lowest BCUT2D eigenvalue weighted by Gasteiger charge is -2.26. The highest BCUT2D eigenvalue weighted by Crippen LogP contribution is 2.40. The van der Waals surface area contributed by atoms with Gasteiger partial charge in [0.1, 0.15) is 12.1 Å². The molecule has 1 aliphatic rings. The fourth-order valence-corrected chi connectivity index (χ4v) is 2.66. The minimum Gasteiger partial charge on any atom is -0.494 e. The number of fused-ring (bicyclic) bond motifs is 1. The van der Waals surface area contributed by atoms with E-state index < -0.39 is 30.6 Å². The Balaban J connectivity index is 2.04. The van der Waals surface area contributed by atoms with Crippen LogP contribution in [-0.2, 0) is 0 Å². The Morgan fingerprint density at radius 3 is 2.65 bits per heavy atom. The van der Waals surface area contributed by atoms with Gasteiger partial charge in [-0.2, -0.15) is 13.2 Å². The van der Waals surface area contributed by atoms with Gasteiger partial charge < -0.3 is 14.7 Å². The van der Waals surface area contributed by atoms with Crippen LogP contribution in [0, 0.1) is 5.82 Å². The van der Waals surface area contributed by atoms with Crippen LogP contribution in [-0.4, -0.2) is 47.1 Å². The molecule has 1 atom stereocenters. The van der Waals surface area contributed by atoms with Gasteiger partial charge in [0, 0.05) is 24.4 Å². The van der Waals surface area contributed by atoms with E-state index in [1.165, 1.54) is 18.1 Å². The van der Waals surface area contributed by atoms with Gasteiger partial charge in [-0.25, -0.2) is 14.4 Å². The molecule has 1 fully saturated rings. The van der Waals surface area contributed by atoms with E-state index in [1.807, 2.05) is 0 Å². The molecule has 2 aromatic rings. The third-order valence-electron chi connectivity index (χ3n) is 3.96. The van der Waals surface area contributed by atoms with Crippen LogP contribution in [0.3, 0.4) is 0 Å². The lowest BCUT2D eigenvalue weighted by Crippen LogP contribution is -2.47. The van der Waals surface area contributed by atoms with Gasteiger partial charge in [0.15, 0.2) is 17.2 Å². The van der Waals surface area contributed by atoms with Crippen molar-refractivity contribution >= 4 is 16.7 Å². The fourth-order valence-electron chi connectivity index (χ4n) is 2.66. The zero-order chi connectivity index (χ0) is 16.8. The predicted octanol–water partition coefficient (Wildman–Crippen LogP) is 2.28. The second-order valence-electron chi connectivity index (χ2n) is 5.40. The molecule has 0 saturated carbocycles. The van der Waals surface area contributed by atoms with Crippen LogP contribution in [0.25, 0.3) is 10.9 Å². The number of hydrogen-bond donors (Lipinski definition) is 1. The lowest BCUT2D eigenvalue weighted by molar-refractivity contribution is -0.250. The van der Waals surface area contributed by atoms with Crippen LogP contribution in [0.15, 0.2) is 18.5 Å². The van der Waals surface area contributed by atoms with E-state index in [4.69, 9.17) is 4.74 Å². The van der Waals surface area contributed by atoms with Gasteiger partial charge in [-0.1, -0.05) is 0 Å². The molecular formula is C14H13F4N3O2. The van der Waals surface area contributed by atoms with Gasteiger partial charge >= 0.3 is 6.18 Å². The molecule has 0 aliphatic carbocycles. The molecular weight excluding hydrogens is 318 g/mol. The maximum atomic E-state index is 13.7. The number of benzene rings is 1. The molecule has 0 bridgehead atoms. The maximum absolute atomic E-state index is 13.7. The molecule has 1 saturated heterocycles. The number of aromatic nitrogens is 2. The molecule has 1 N–H and O–H groups in total. The Morgan fingerprint density at radius 1 is 1.30 bits per heavy atom. The maximum Gasteiger partial charge on any atom is 0.418 e. The molecule has 1 aliphatic heterocycles. The number of anilines is 1. The number of alkyl halides is 3. The number of nitrogens with zero attached hydrogens (tertiary/aromatic N) is 3. The van der Waals surface area contributed by atoms with E-state index in [-0.39, 0.29) is 23.6 Å². The van der Waals surface area contributed by atoms with Gasteiger partial charge in [0.25, 0.3) is 0 Å². The smallest absolute Gasteiger partial charge is 0.418 e. The molecule has 5 nitrogen and oxygen atoms in total. The van der Waals surface area contributed by atoms with Crippen LogP contribution in [0.1, 0.15) is 6.42 Å². The normalized spacial score (nSPS) is 21.9. The molecule has 0 spiro atoms. The summed E-state index contributed by atoms with van der Waals surface area (Å²) in [5.74, 6) is -0.481. The van der Waals surface area contributed by atoms with Gasteiger partial charge in [0.2, 0.25) is 0 Å². The summed E-state index contributed by atoms with van der Waals surface area (Å²) >= 11 is 0. The molecule has 23 heavy (non-hydrogen) atoms. The van der Waals surface area contributed by atoms with E-state index >= 15 is 0 Å². The number of methoxy groups -OCH3 is 1. The third-order valence-corrected chi connectivity index (χ3v) is 3.96. The standard InChI is InChI=1S/C14H13F4N3O2/c1-23-11-4-8-10(5-9(11)15)19-7-20-12(8)21-3-2-13(22,6-21)14(16,17)18/h4-5,7,22H,2-3,6H2,1H3. The highest BCUT2D eigenvalue weighted by atomic mass is 19.4. The summed E-state index contributed by atoms with van der Waals surface area (Å²) in [6, 6.07) is 2.47. The molecule has 1 unspecified atom stereocenters. The Labute approximate surface area is 128 Å². The first-order valence-corrected chi connectivity index (χ1v) is 6.77. The van der Waals surface area contributed by atoms with Crippen molar-refractivity contribution in [1.29, 1.82) is 0 Å². The molecule has 3 rings (SSSR count). The summed E-state index contributed by atoms with van der Waals surface area (Å²) in [5, 5.41) is 10.1. The van der Waals surface area contributed by atoms with Gasteiger partial charge in [0.05, 0.1) is 19.2 Å². The fraction of sp³-hybridized carbons (Fsp3) is 0.429. The van der Waals surface area contributed by atoms with Crippen molar-refractivity contribution in [3.63, 3.8) is 0 Å². The third kappa shape index (κ3) is 2.54. The van der Waals surface area contributed by atoms with Crippen molar-refractivity contribution in [3.8, 4) is 5.75 Å². The summed E-state index contributed by atoms with van der Waals surface area (Å²) < 4.78 is 57.4. The second kappa shape index (κ2) is 5.19. The van der Waals surface area contributed by atoms with Crippen molar-refractivity contribution in [2.24, 2.45) is 0 Å². The average molecular weight is 331 g/mol. The van der Waals surface area contributed by atoms with Crippen molar-refractivity contribution in [2.75, 3.05) is 25.1 Å². The lowest BCUT2D eigenvalue weighted by atomic mass is 10.0. The first-order chi connectivity index (χ1) is 10.7. The number of β-amino-alcohol motifs (C(OH)–C–C–N with tert-alkyl or cyclic N) is 1. The molecule has 1 aromatic heterocycles. The highest BCUT2D eigenvalue weighted by molar-refractivity contribution is 5.90. The number of rotatable bonds is 2. The summed E-state index contributed by atoms with van der Waals surface area (Å²) in [4.78, 5) is 9.23. The summed E-state index contributed by atoms with van der Waals surface area (Å²) in [6.45, 7) is -0.663. The van der Waals surface area contributed by atoms with Crippen LogP contribution in [0.4, 0.5) is 23.4 Å². The van der Waals surface area contributed by atoms with Crippen LogP contribution >= 0.6 is 0 Å². The molecule has 9 heteroatoms. The average Bonchev–Trinajstić information content (AvgIpc) is 2.89. The van der Waals surface area contributed by atoms with Crippen LogP contribution in [0.2, 0.25) is 0 Å². The van der Waals surface area contributed by atoms with E-state index in [1.54, 1.807) is 0 Å². The molecule has 124 valence electrons. The quantitative estimate of drug-likeness (QED) is 0.856. The Kier molecular flexibility index (Phi) is 3.55. The number of hydrogen-bond acceptors (Lipinski definition) is 5. The first kappa shape index (κ1) is 15.7.